The fourth-order valence-corrected chi connectivity index (χ4v) is 3.39. The van der Waals surface area contributed by atoms with Crippen LogP contribution in [0, 0.1) is 17.0 Å². The van der Waals surface area contributed by atoms with E-state index in [4.69, 9.17) is 4.74 Å². The van der Waals surface area contributed by atoms with E-state index in [2.05, 4.69) is 20.9 Å². The predicted octanol–water partition coefficient (Wildman–Crippen LogP) is 3.47. The number of fused-ring (bicyclic) bond motifs is 1. The molecular formula is C12H13BrN2O3S. The monoisotopic (exact) mass is 344 g/mol. The van der Waals surface area contributed by atoms with E-state index in [0.717, 1.165) is 15.2 Å². The van der Waals surface area contributed by atoms with Crippen LogP contribution in [-0.2, 0) is 11.2 Å². The third-order valence-electron chi connectivity index (χ3n) is 2.68. The first-order chi connectivity index (χ1) is 9.01. The van der Waals surface area contributed by atoms with Crippen LogP contribution >= 0.6 is 27.3 Å². The Bertz CT molecular complexity index is 614. The molecular weight excluding hydrogens is 332 g/mol. The number of hydrogen-bond acceptors (Lipinski definition) is 5. The Labute approximate surface area is 122 Å². The first-order valence-electron chi connectivity index (χ1n) is 5.68. The summed E-state index contributed by atoms with van der Waals surface area (Å²) in [6, 6.07) is 3.42. The van der Waals surface area contributed by atoms with E-state index in [9.17, 15) is 10.1 Å². The van der Waals surface area contributed by atoms with Crippen molar-refractivity contribution in [2.45, 2.75) is 18.2 Å². The molecule has 2 aromatic rings. The maximum Gasteiger partial charge on any atom is 0.274 e. The lowest BCUT2D eigenvalue weighted by atomic mass is 10.1. The van der Waals surface area contributed by atoms with E-state index in [1.807, 2.05) is 6.92 Å². The fraction of sp³-hybridized carbons (Fsp3) is 0.417. The number of thiazole rings is 1. The third kappa shape index (κ3) is 3.29. The summed E-state index contributed by atoms with van der Waals surface area (Å²) in [5.41, 5.74) is 1.65. The van der Waals surface area contributed by atoms with E-state index in [1.165, 1.54) is 11.3 Å². The highest BCUT2D eigenvalue weighted by Gasteiger charge is 2.19. The minimum absolute atomic E-state index is 0.0494. The van der Waals surface area contributed by atoms with Crippen LogP contribution in [0.2, 0.25) is 0 Å². The van der Waals surface area contributed by atoms with Crippen molar-refractivity contribution >= 4 is 43.2 Å². The number of nitro groups is 1. The van der Waals surface area contributed by atoms with Gasteiger partial charge in [-0.1, -0.05) is 15.9 Å². The zero-order chi connectivity index (χ0) is 14.0. The number of aromatic nitrogens is 1. The zero-order valence-corrected chi connectivity index (χ0v) is 13.0. The minimum atomic E-state index is -0.337. The average molecular weight is 345 g/mol. The van der Waals surface area contributed by atoms with Gasteiger partial charge in [-0.05, 0) is 19.4 Å². The van der Waals surface area contributed by atoms with Gasteiger partial charge in [0.05, 0.1) is 26.8 Å². The minimum Gasteiger partial charge on any atom is -0.384 e. The largest absolute Gasteiger partial charge is 0.384 e. The van der Waals surface area contributed by atoms with Gasteiger partial charge in [-0.25, -0.2) is 4.98 Å². The summed E-state index contributed by atoms with van der Waals surface area (Å²) in [6.07, 6.45) is 0.538. The first kappa shape index (κ1) is 14.4. The average Bonchev–Trinajstić information content (AvgIpc) is 2.67. The van der Waals surface area contributed by atoms with Crippen molar-refractivity contribution in [3.63, 3.8) is 0 Å². The molecule has 1 heterocycles. The van der Waals surface area contributed by atoms with Gasteiger partial charge in [-0.15, -0.1) is 11.3 Å². The van der Waals surface area contributed by atoms with Gasteiger partial charge < -0.3 is 4.74 Å². The van der Waals surface area contributed by atoms with Crippen LogP contribution in [0.1, 0.15) is 10.6 Å². The van der Waals surface area contributed by atoms with Gasteiger partial charge >= 0.3 is 0 Å². The predicted molar refractivity (Wildman–Crippen MR) is 79.3 cm³/mol. The van der Waals surface area contributed by atoms with Gasteiger partial charge in [0.15, 0.2) is 0 Å². The van der Waals surface area contributed by atoms with Crippen LogP contribution < -0.4 is 0 Å². The lowest BCUT2D eigenvalue weighted by Gasteiger charge is -2.08. The molecule has 2 rings (SSSR count). The molecule has 7 heteroatoms. The molecule has 1 aromatic heterocycles. The van der Waals surface area contributed by atoms with Crippen molar-refractivity contribution < 1.29 is 9.66 Å². The standard InChI is InChI=1S/C12H13BrN2O3S/c1-7-14-10-4-8(3-9(13)6-18-2)11(15(16)17)5-12(10)19-7/h4-5,9H,3,6H2,1-2H3. The van der Waals surface area contributed by atoms with Crippen molar-refractivity contribution in [2.75, 3.05) is 13.7 Å². The molecule has 0 amide bonds. The molecule has 5 nitrogen and oxygen atoms in total. The second kappa shape index (κ2) is 5.94. The fourth-order valence-electron chi connectivity index (χ4n) is 1.93. The number of benzene rings is 1. The number of rotatable bonds is 5. The van der Waals surface area contributed by atoms with Gasteiger partial charge in [-0.3, -0.25) is 10.1 Å². The van der Waals surface area contributed by atoms with Crippen molar-refractivity contribution in [1.82, 2.24) is 4.98 Å². The SMILES string of the molecule is COCC(Br)Cc1cc2nc(C)sc2cc1[N+](=O)[O-]. The Balaban J connectivity index is 2.44. The second-order valence-electron chi connectivity index (χ2n) is 4.20. The summed E-state index contributed by atoms with van der Waals surface area (Å²) in [6.45, 7) is 2.40. The van der Waals surface area contributed by atoms with Gasteiger partial charge in [0.25, 0.3) is 5.69 Å². The summed E-state index contributed by atoms with van der Waals surface area (Å²) in [7, 11) is 1.61. The Morgan fingerprint density at radius 2 is 2.32 bits per heavy atom. The molecule has 0 saturated heterocycles. The summed E-state index contributed by atoms with van der Waals surface area (Å²) in [5, 5.41) is 12.1. The van der Waals surface area contributed by atoms with Crippen molar-refractivity contribution in [3.8, 4) is 0 Å². The van der Waals surface area contributed by atoms with Gasteiger partial charge in [0.1, 0.15) is 0 Å². The normalized spacial score (nSPS) is 12.8. The van der Waals surface area contributed by atoms with Crippen molar-refractivity contribution in [3.05, 3.63) is 32.8 Å². The molecule has 0 bridgehead atoms. The molecule has 19 heavy (non-hydrogen) atoms. The first-order valence-corrected chi connectivity index (χ1v) is 7.42. The van der Waals surface area contributed by atoms with E-state index in [0.29, 0.717) is 18.6 Å². The molecule has 0 spiro atoms. The Morgan fingerprint density at radius 1 is 1.58 bits per heavy atom. The quantitative estimate of drug-likeness (QED) is 0.473. The molecule has 0 fully saturated rings. The van der Waals surface area contributed by atoms with E-state index < -0.39 is 0 Å². The van der Waals surface area contributed by atoms with Crippen LogP contribution in [0.4, 0.5) is 5.69 Å². The highest BCUT2D eigenvalue weighted by Crippen LogP contribution is 2.31. The summed E-state index contributed by atoms with van der Waals surface area (Å²) < 4.78 is 5.89. The van der Waals surface area contributed by atoms with Crippen LogP contribution in [0.5, 0.6) is 0 Å². The van der Waals surface area contributed by atoms with Gasteiger partial charge in [0, 0.05) is 23.6 Å². The Kier molecular flexibility index (Phi) is 4.49. The highest BCUT2D eigenvalue weighted by atomic mass is 79.9. The summed E-state index contributed by atoms with van der Waals surface area (Å²) in [5.74, 6) is 0. The van der Waals surface area contributed by atoms with Gasteiger partial charge in [0.2, 0.25) is 0 Å². The smallest absolute Gasteiger partial charge is 0.274 e. The lowest BCUT2D eigenvalue weighted by molar-refractivity contribution is -0.385. The number of ether oxygens (including phenoxy) is 1. The summed E-state index contributed by atoms with van der Waals surface area (Å²) >= 11 is 4.93. The number of halogens is 1. The van der Waals surface area contributed by atoms with Gasteiger partial charge in [-0.2, -0.15) is 0 Å². The number of nitro benzene ring substituents is 1. The maximum absolute atomic E-state index is 11.2. The van der Waals surface area contributed by atoms with E-state index >= 15 is 0 Å². The molecule has 102 valence electrons. The van der Waals surface area contributed by atoms with Crippen molar-refractivity contribution in [1.29, 1.82) is 0 Å². The van der Waals surface area contributed by atoms with E-state index in [-0.39, 0.29) is 15.4 Å². The van der Waals surface area contributed by atoms with Crippen LogP contribution in [0.25, 0.3) is 10.2 Å². The molecule has 1 aromatic carbocycles. The topological polar surface area (TPSA) is 65.3 Å². The highest BCUT2D eigenvalue weighted by molar-refractivity contribution is 9.09. The van der Waals surface area contributed by atoms with Crippen LogP contribution in [-0.4, -0.2) is 28.5 Å². The van der Waals surface area contributed by atoms with E-state index in [1.54, 1.807) is 19.2 Å². The van der Waals surface area contributed by atoms with Crippen LogP contribution in [0.15, 0.2) is 12.1 Å². The molecule has 1 unspecified atom stereocenters. The van der Waals surface area contributed by atoms with Crippen LogP contribution in [0.3, 0.4) is 0 Å². The number of nitrogens with zero attached hydrogens (tertiary/aromatic N) is 2. The molecule has 0 saturated carbocycles. The number of methoxy groups -OCH3 is 1. The lowest BCUT2D eigenvalue weighted by Crippen LogP contribution is -2.11. The Hall–Kier alpha value is -1.05. The molecule has 0 aliphatic carbocycles. The molecule has 0 radical (unpaired) electrons. The zero-order valence-electron chi connectivity index (χ0n) is 10.6. The third-order valence-corrected chi connectivity index (χ3v) is 4.20. The number of aryl methyl sites for hydroxylation is 1. The summed E-state index contributed by atoms with van der Waals surface area (Å²) in [4.78, 5) is 15.2. The number of alkyl halides is 1. The molecule has 0 aliphatic rings. The number of hydrogen-bond donors (Lipinski definition) is 0. The molecule has 1 atom stereocenters. The molecule has 0 aliphatic heterocycles. The molecule has 0 N–H and O–H groups in total. The Morgan fingerprint density at radius 3 is 2.95 bits per heavy atom. The second-order valence-corrected chi connectivity index (χ2v) is 6.73. The van der Waals surface area contributed by atoms with Crippen molar-refractivity contribution in [2.24, 2.45) is 0 Å². The maximum atomic E-state index is 11.2.